The first-order chi connectivity index (χ1) is 10.1. The Kier molecular flexibility index (Phi) is 4.18. The summed E-state index contributed by atoms with van der Waals surface area (Å²) in [7, 11) is 0. The van der Waals surface area contributed by atoms with Crippen molar-refractivity contribution in [1.29, 1.82) is 0 Å². The van der Waals surface area contributed by atoms with Gasteiger partial charge in [-0.15, -0.1) is 0 Å². The van der Waals surface area contributed by atoms with Crippen LogP contribution in [0.2, 0.25) is 0 Å². The maximum absolute atomic E-state index is 12.7. The molecule has 1 fully saturated rings. The molecule has 2 N–H and O–H groups in total. The Morgan fingerprint density at radius 2 is 2.14 bits per heavy atom. The summed E-state index contributed by atoms with van der Waals surface area (Å²) in [6, 6.07) is 6.37. The molecule has 1 heterocycles. The maximum Gasteiger partial charge on any atom is 0.251 e. The molecule has 1 aromatic carbocycles. The predicted octanol–water partition coefficient (Wildman–Crippen LogP) is 3.60. The van der Waals surface area contributed by atoms with Crippen LogP contribution in [0.5, 0.6) is 0 Å². The molecule has 0 bridgehead atoms. The minimum absolute atomic E-state index is 0.113. The normalized spacial score (nSPS) is 28.4. The molecule has 1 aliphatic carbocycles. The number of benzene rings is 1. The number of hydrogen-bond acceptors (Lipinski definition) is 2. The molecule has 3 unspecified atom stereocenters. The molecule has 1 aliphatic heterocycles. The smallest absolute Gasteiger partial charge is 0.251 e. The average Bonchev–Trinajstić information content (AvgIpc) is 2.49. The number of nitrogens with one attached hydrogen (secondary N) is 2. The molecule has 2 aliphatic rings. The molecule has 21 heavy (non-hydrogen) atoms. The number of amides is 1. The highest BCUT2D eigenvalue weighted by molar-refractivity contribution is 5.97. The van der Waals surface area contributed by atoms with E-state index in [9.17, 15) is 4.79 Å². The average molecular weight is 286 g/mol. The Morgan fingerprint density at radius 3 is 2.95 bits per heavy atom. The number of carbonyl (C=O) groups excluding carboxylic acids is 1. The van der Waals surface area contributed by atoms with Crippen molar-refractivity contribution in [3.05, 3.63) is 29.3 Å². The molecular formula is C18H26N2O. The fourth-order valence-corrected chi connectivity index (χ4v) is 3.85. The van der Waals surface area contributed by atoms with Crippen LogP contribution in [0.3, 0.4) is 0 Å². The van der Waals surface area contributed by atoms with Crippen molar-refractivity contribution in [3.63, 3.8) is 0 Å². The summed E-state index contributed by atoms with van der Waals surface area (Å²) >= 11 is 0. The molecule has 0 aromatic heterocycles. The standard InChI is InChI=1S/C18H26N2O/c1-12-8-9-16(13(2)11-12)20-18(21)15-5-3-7-17-14(15)6-4-10-19-17/h3,5,7,12-13,16,19H,4,6,8-11H2,1-2H3,(H,20,21). The lowest BCUT2D eigenvalue weighted by atomic mass is 9.79. The highest BCUT2D eigenvalue weighted by Gasteiger charge is 2.27. The number of anilines is 1. The lowest BCUT2D eigenvalue weighted by molar-refractivity contribution is 0.0898. The third kappa shape index (κ3) is 3.07. The van der Waals surface area contributed by atoms with Crippen molar-refractivity contribution in [3.8, 4) is 0 Å². The first-order valence-corrected chi connectivity index (χ1v) is 8.31. The Labute approximate surface area is 127 Å². The van der Waals surface area contributed by atoms with Crippen LogP contribution in [0.4, 0.5) is 5.69 Å². The Bertz CT molecular complexity index is 526. The lowest BCUT2D eigenvalue weighted by Crippen LogP contribution is -2.42. The van der Waals surface area contributed by atoms with Gasteiger partial charge in [0.25, 0.3) is 5.91 Å². The summed E-state index contributed by atoms with van der Waals surface area (Å²) < 4.78 is 0. The van der Waals surface area contributed by atoms with E-state index in [1.807, 2.05) is 12.1 Å². The van der Waals surface area contributed by atoms with Gasteiger partial charge in [-0.25, -0.2) is 0 Å². The monoisotopic (exact) mass is 286 g/mol. The molecule has 0 spiro atoms. The van der Waals surface area contributed by atoms with Crippen molar-refractivity contribution in [1.82, 2.24) is 5.32 Å². The second kappa shape index (κ2) is 6.08. The van der Waals surface area contributed by atoms with E-state index in [-0.39, 0.29) is 5.91 Å². The maximum atomic E-state index is 12.7. The Morgan fingerprint density at radius 1 is 1.29 bits per heavy atom. The predicted molar refractivity (Wildman–Crippen MR) is 86.7 cm³/mol. The molecular weight excluding hydrogens is 260 g/mol. The number of fused-ring (bicyclic) bond motifs is 1. The van der Waals surface area contributed by atoms with Gasteiger partial charge >= 0.3 is 0 Å². The molecule has 3 heteroatoms. The summed E-state index contributed by atoms with van der Waals surface area (Å²) in [6.07, 6.45) is 5.67. The molecule has 3 atom stereocenters. The highest BCUT2D eigenvalue weighted by atomic mass is 16.1. The van der Waals surface area contributed by atoms with Crippen LogP contribution < -0.4 is 10.6 Å². The fourth-order valence-electron chi connectivity index (χ4n) is 3.85. The third-order valence-electron chi connectivity index (χ3n) is 5.09. The number of rotatable bonds is 2. The van der Waals surface area contributed by atoms with Gasteiger partial charge in [-0.2, -0.15) is 0 Å². The summed E-state index contributed by atoms with van der Waals surface area (Å²) in [4.78, 5) is 12.7. The molecule has 0 saturated heterocycles. The Hall–Kier alpha value is -1.51. The fraction of sp³-hybridized carbons (Fsp3) is 0.611. The molecule has 1 amide bonds. The number of hydrogen-bond donors (Lipinski definition) is 2. The summed E-state index contributed by atoms with van der Waals surface area (Å²) in [5.41, 5.74) is 3.20. The van der Waals surface area contributed by atoms with Crippen molar-refractivity contribution < 1.29 is 4.79 Å². The minimum atomic E-state index is 0.113. The third-order valence-corrected chi connectivity index (χ3v) is 5.09. The zero-order valence-electron chi connectivity index (χ0n) is 13.1. The van der Waals surface area contributed by atoms with E-state index in [1.54, 1.807) is 0 Å². The van der Waals surface area contributed by atoms with Gasteiger partial charge in [0, 0.05) is 23.8 Å². The van der Waals surface area contributed by atoms with Crippen LogP contribution in [0.15, 0.2) is 18.2 Å². The van der Waals surface area contributed by atoms with E-state index in [1.165, 1.54) is 18.4 Å². The van der Waals surface area contributed by atoms with Crippen LogP contribution in [-0.4, -0.2) is 18.5 Å². The summed E-state index contributed by atoms with van der Waals surface area (Å²) in [5, 5.41) is 6.68. The van der Waals surface area contributed by atoms with Gasteiger partial charge < -0.3 is 10.6 Å². The van der Waals surface area contributed by atoms with Crippen molar-refractivity contribution in [2.45, 2.75) is 52.0 Å². The van der Waals surface area contributed by atoms with Crippen LogP contribution in [0.1, 0.15) is 55.5 Å². The minimum Gasteiger partial charge on any atom is -0.385 e. The topological polar surface area (TPSA) is 41.1 Å². The van der Waals surface area contributed by atoms with Crippen molar-refractivity contribution in [2.75, 3.05) is 11.9 Å². The van der Waals surface area contributed by atoms with Gasteiger partial charge in [0.05, 0.1) is 0 Å². The SMILES string of the molecule is CC1CCC(NC(=O)c2cccc3c2CCCN3)C(C)C1. The van der Waals surface area contributed by atoms with Crippen LogP contribution >= 0.6 is 0 Å². The van der Waals surface area contributed by atoms with Crippen LogP contribution in [0, 0.1) is 11.8 Å². The van der Waals surface area contributed by atoms with Crippen molar-refractivity contribution >= 4 is 11.6 Å². The second-order valence-electron chi connectivity index (χ2n) is 6.84. The second-order valence-corrected chi connectivity index (χ2v) is 6.84. The lowest BCUT2D eigenvalue weighted by Gasteiger charge is -2.33. The van der Waals surface area contributed by atoms with Gasteiger partial charge in [0.1, 0.15) is 0 Å². The van der Waals surface area contributed by atoms with E-state index >= 15 is 0 Å². The summed E-state index contributed by atoms with van der Waals surface area (Å²) in [6.45, 7) is 5.59. The van der Waals surface area contributed by atoms with Gasteiger partial charge in [-0.3, -0.25) is 4.79 Å². The first-order valence-electron chi connectivity index (χ1n) is 8.31. The van der Waals surface area contributed by atoms with Gasteiger partial charge in [-0.05, 0) is 61.6 Å². The van der Waals surface area contributed by atoms with Crippen molar-refractivity contribution in [2.24, 2.45) is 11.8 Å². The van der Waals surface area contributed by atoms with E-state index in [0.717, 1.165) is 43.0 Å². The molecule has 114 valence electrons. The molecule has 1 saturated carbocycles. The summed E-state index contributed by atoms with van der Waals surface area (Å²) in [5.74, 6) is 1.49. The zero-order chi connectivity index (χ0) is 14.8. The largest absolute Gasteiger partial charge is 0.385 e. The van der Waals surface area contributed by atoms with Gasteiger partial charge in [-0.1, -0.05) is 19.9 Å². The molecule has 1 aromatic rings. The quantitative estimate of drug-likeness (QED) is 0.872. The van der Waals surface area contributed by atoms with E-state index < -0.39 is 0 Å². The molecule has 3 rings (SSSR count). The van der Waals surface area contributed by atoms with E-state index in [2.05, 4.69) is 30.5 Å². The van der Waals surface area contributed by atoms with E-state index in [4.69, 9.17) is 0 Å². The van der Waals surface area contributed by atoms with Crippen LogP contribution in [0.25, 0.3) is 0 Å². The van der Waals surface area contributed by atoms with Crippen LogP contribution in [-0.2, 0) is 6.42 Å². The van der Waals surface area contributed by atoms with Gasteiger partial charge in [0.15, 0.2) is 0 Å². The zero-order valence-corrected chi connectivity index (χ0v) is 13.1. The van der Waals surface area contributed by atoms with E-state index in [0.29, 0.717) is 12.0 Å². The highest BCUT2D eigenvalue weighted by Crippen LogP contribution is 2.30. The molecule has 0 radical (unpaired) electrons. The first kappa shape index (κ1) is 14.4. The Balaban J connectivity index is 1.74. The number of carbonyl (C=O) groups is 1. The van der Waals surface area contributed by atoms with Gasteiger partial charge in [0.2, 0.25) is 0 Å². The molecule has 3 nitrogen and oxygen atoms in total.